The molecule has 0 aliphatic carbocycles. The number of nitrogens with zero attached hydrogens (tertiary/aromatic N) is 1. The smallest absolute Gasteiger partial charge is 0.264 e. The van der Waals surface area contributed by atoms with Crippen molar-refractivity contribution in [1.29, 1.82) is 0 Å². The number of sulfonamides is 1. The zero-order chi connectivity index (χ0) is 24.8. The average Bonchev–Trinajstić information content (AvgIpc) is 2.85. The number of rotatable bonds is 8. The maximum absolute atomic E-state index is 13.4. The van der Waals surface area contributed by atoms with Gasteiger partial charge in [0.1, 0.15) is 18.0 Å². The molecule has 0 aliphatic rings. The van der Waals surface area contributed by atoms with Crippen molar-refractivity contribution in [1.82, 2.24) is 0 Å². The summed E-state index contributed by atoms with van der Waals surface area (Å²) < 4.78 is 33.7. The normalized spacial score (nSPS) is 11.0. The summed E-state index contributed by atoms with van der Waals surface area (Å²) in [7, 11) is -4.02. The molecule has 0 fully saturated rings. The van der Waals surface area contributed by atoms with Gasteiger partial charge in [-0.2, -0.15) is 0 Å². The van der Waals surface area contributed by atoms with E-state index < -0.39 is 22.5 Å². The van der Waals surface area contributed by atoms with E-state index in [0.717, 1.165) is 9.87 Å². The Morgan fingerprint density at radius 1 is 0.829 bits per heavy atom. The Balaban J connectivity index is 1.52. The summed E-state index contributed by atoms with van der Waals surface area (Å²) in [4.78, 5) is 12.9. The summed E-state index contributed by atoms with van der Waals surface area (Å²) in [5, 5.41) is 3.18. The van der Waals surface area contributed by atoms with Crippen LogP contribution in [0.15, 0.2) is 108 Å². The van der Waals surface area contributed by atoms with Crippen molar-refractivity contribution in [2.24, 2.45) is 0 Å². The molecule has 0 spiro atoms. The maximum atomic E-state index is 13.4. The highest BCUT2D eigenvalue weighted by Crippen LogP contribution is 2.26. The molecule has 0 aromatic heterocycles. The van der Waals surface area contributed by atoms with Gasteiger partial charge >= 0.3 is 0 Å². The third kappa shape index (κ3) is 6.20. The molecular weight excluding hydrogens is 484 g/mol. The highest BCUT2D eigenvalue weighted by Gasteiger charge is 2.27. The van der Waals surface area contributed by atoms with Gasteiger partial charge in [-0.25, -0.2) is 8.42 Å². The standard InChI is InChI=1S/C27H23ClN2O4S/c1-20-7-13-23(14-8-20)30(35(32,33)26-17-9-21(28)10-18-26)19-27(31)29-22-11-15-25(16-12-22)34-24-5-3-2-4-6-24/h2-18H,19H2,1H3,(H,29,31). The zero-order valence-electron chi connectivity index (χ0n) is 18.9. The number of aryl methyl sites for hydroxylation is 1. The highest BCUT2D eigenvalue weighted by molar-refractivity contribution is 7.92. The maximum Gasteiger partial charge on any atom is 0.264 e. The Morgan fingerprint density at radius 3 is 2.06 bits per heavy atom. The Morgan fingerprint density at radius 2 is 1.43 bits per heavy atom. The molecule has 0 bridgehead atoms. The summed E-state index contributed by atoms with van der Waals surface area (Å²) >= 11 is 5.93. The van der Waals surface area contributed by atoms with Crippen LogP contribution >= 0.6 is 11.6 Å². The number of anilines is 2. The molecule has 0 heterocycles. The predicted octanol–water partition coefficient (Wildman–Crippen LogP) is 6.27. The van der Waals surface area contributed by atoms with E-state index in [4.69, 9.17) is 16.3 Å². The third-order valence-electron chi connectivity index (χ3n) is 5.13. The number of hydrogen-bond acceptors (Lipinski definition) is 4. The molecule has 8 heteroatoms. The van der Waals surface area contributed by atoms with Crippen molar-refractivity contribution in [3.8, 4) is 11.5 Å². The van der Waals surface area contributed by atoms with E-state index >= 15 is 0 Å². The van der Waals surface area contributed by atoms with E-state index in [2.05, 4.69) is 5.32 Å². The fourth-order valence-corrected chi connectivity index (χ4v) is 4.87. The molecule has 0 unspecified atom stereocenters. The Kier molecular flexibility index (Phi) is 7.39. The molecule has 4 aromatic rings. The van der Waals surface area contributed by atoms with Crippen LogP contribution in [-0.2, 0) is 14.8 Å². The van der Waals surface area contributed by atoms with Crippen LogP contribution in [0.2, 0.25) is 5.02 Å². The topological polar surface area (TPSA) is 75.7 Å². The van der Waals surface area contributed by atoms with Crippen LogP contribution in [0.3, 0.4) is 0 Å². The second-order valence-corrected chi connectivity index (χ2v) is 10.1. The summed E-state index contributed by atoms with van der Waals surface area (Å²) in [6.45, 7) is 1.50. The average molecular weight is 507 g/mol. The lowest BCUT2D eigenvalue weighted by atomic mass is 10.2. The lowest BCUT2D eigenvalue weighted by Crippen LogP contribution is -2.38. The van der Waals surface area contributed by atoms with Crippen LogP contribution < -0.4 is 14.4 Å². The number of halogens is 1. The quantitative estimate of drug-likeness (QED) is 0.305. The van der Waals surface area contributed by atoms with Gasteiger partial charge in [-0.15, -0.1) is 0 Å². The van der Waals surface area contributed by atoms with Gasteiger partial charge in [-0.05, 0) is 79.7 Å². The minimum absolute atomic E-state index is 0.0395. The van der Waals surface area contributed by atoms with Crippen molar-refractivity contribution < 1.29 is 17.9 Å². The lowest BCUT2D eigenvalue weighted by molar-refractivity contribution is -0.114. The molecular formula is C27H23ClN2O4S. The minimum atomic E-state index is -4.02. The number of hydrogen-bond donors (Lipinski definition) is 1. The van der Waals surface area contributed by atoms with Crippen molar-refractivity contribution in [2.45, 2.75) is 11.8 Å². The Bertz CT molecular complexity index is 1390. The summed E-state index contributed by atoms with van der Waals surface area (Å²) in [5.41, 5.74) is 1.87. The van der Waals surface area contributed by atoms with Gasteiger partial charge in [0.2, 0.25) is 5.91 Å². The number of carbonyl (C=O) groups is 1. The number of carbonyl (C=O) groups excluding carboxylic acids is 1. The lowest BCUT2D eigenvalue weighted by Gasteiger charge is -2.24. The van der Waals surface area contributed by atoms with Crippen molar-refractivity contribution >= 4 is 38.9 Å². The largest absolute Gasteiger partial charge is 0.457 e. The molecule has 0 saturated heterocycles. The van der Waals surface area contributed by atoms with E-state index in [0.29, 0.717) is 27.9 Å². The van der Waals surface area contributed by atoms with Gasteiger partial charge in [0.15, 0.2) is 0 Å². The van der Waals surface area contributed by atoms with Crippen LogP contribution in [0.1, 0.15) is 5.56 Å². The van der Waals surface area contributed by atoms with Gasteiger partial charge in [0.25, 0.3) is 10.0 Å². The molecule has 1 amide bonds. The van der Waals surface area contributed by atoms with Crippen LogP contribution in [0.4, 0.5) is 11.4 Å². The Labute approximate surface area is 209 Å². The molecule has 4 rings (SSSR count). The summed E-state index contributed by atoms with van der Waals surface area (Å²) in [6.07, 6.45) is 0. The van der Waals surface area contributed by atoms with E-state index in [1.165, 1.54) is 24.3 Å². The van der Waals surface area contributed by atoms with Gasteiger partial charge in [-0.3, -0.25) is 9.10 Å². The molecule has 0 atom stereocenters. The minimum Gasteiger partial charge on any atom is -0.457 e. The van der Waals surface area contributed by atoms with Crippen LogP contribution in [-0.4, -0.2) is 20.9 Å². The summed E-state index contributed by atoms with van der Waals surface area (Å²) in [6, 6.07) is 29.0. The number of para-hydroxylation sites is 1. The fourth-order valence-electron chi connectivity index (χ4n) is 3.32. The Hall–Kier alpha value is -3.81. The number of ether oxygens (including phenoxy) is 1. The molecule has 0 aliphatic heterocycles. The first-order valence-electron chi connectivity index (χ1n) is 10.8. The highest BCUT2D eigenvalue weighted by atomic mass is 35.5. The first-order chi connectivity index (χ1) is 16.8. The number of amides is 1. The molecule has 1 N–H and O–H groups in total. The molecule has 6 nitrogen and oxygen atoms in total. The second-order valence-electron chi connectivity index (χ2n) is 7.79. The van der Waals surface area contributed by atoms with Crippen LogP contribution in [0.25, 0.3) is 0 Å². The van der Waals surface area contributed by atoms with Crippen LogP contribution in [0, 0.1) is 6.92 Å². The number of nitrogens with one attached hydrogen (secondary N) is 1. The van der Waals surface area contributed by atoms with Crippen molar-refractivity contribution in [2.75, 3.05) is 16.2 Å². The van der Waals surface area contributed by atoms with Crippen molar-refractivity contribution in [3.05, 3.63) is 114 Å². The monoisotopic (exact) mass is 506 g/mol. The molecule has 178 valence electrons. The van der Waals surface area contributed by atoms with E-state index in [1.54, 1.807) is 48.5 Å². The van der Waals surface area contributed by atoms with E-state index in [-0.39, 0.29) is 4.90 Å². The van der Waals surface area contributed by atoms with Gasteiger partial charge < -0.3 is 10.1 Å². The van der Waals surface area contributed by atoms with Gasteiger partial charge in [0, 0.05) is 10.7 Å². The number of benzene rings is 4. The zero-order valence-corrected chi connectivity index (χ0v) is 20.5. The molecule has 4 aromatic carbocycles. The van der Waals surface area contributed by atoms with E-state index in [1.807, 2.05) is 37.3 Å². The van der Waals surface area contributed by atoms with Crippen molar-refractivity contribution in [3.63, 3.8) is 0 Å². The molecule has 0 radical (unpaired) electrons. The summed E-state index contributed by atoms with van der Waals surface area (Å²) in [5.74, 6) is 0.825. The fraction of sp³-hybridized carbons (Fsp3) is 0.0741. The molecule has 0 saturated carbocycles. The van der Waals surface area contributed by atoms with Gasteiger partial charge in [0.05, 0.1) is 10.6 Å². The first-order valence-corrected chi connectivity index (χ1v) is 12.6. The third-order valence-corrected chi connectivity index (χ3v) is 7.17. The molecule has 35 heavy (non-hydrogen) atoms. The first kappa shape index (κ1) is 24.3. The van der Waals surface area contributed by atoms with E-state index in [9.17, 15) is 13.2 Å². The predicted molar refractivity (Wildman–Crippen MR) is 139 cm³/mol. The van der Waals surface area contributed by atoms with Crippen LogP contribution in [0.5, 0.6) is 11.5 Å². The second kappa shape index (κ2) is 10.6. The SMILES string of the molecule is Cc1ccc(N(CC(=O)Nc2ccc(Oc3ccccc3)cc2)S(=O)(=O)c2ccc(Cl)cc2)cc1. The van der Waals surface area contributed by atoms with Gasteiger partial charge in [-0.1, -0.05) is 47.5 Å².